The minimum Gasteiger partial charge on any atom is -0.370 e. The molecular formula is C20H33N5. The van der Waals surface area contributed by atoms with Gasteiger partial charge in [0, 0.05) is 45.0 Å². The first kappa shape index (κ1) is 18.1. The van der Waals surface area contributed by atoms with Crippen LogP contribution in [-0.2, 0) is 6.54 Å². The zero-order valence-corrected chi connectivity index (χ0v) is 15.6. The molecule has 1 heterocycles. The summed E-state index contributed by atoms with van der Waals surface area (Å²) < 4.78 is 0. The molecule has 0 atom stereocenters. The zero-order chi connectivity index (χ0) is 17.5. The topological polar surface area (TPSA) is 56.9 Å². The number of guanidine groups is 1. The highest BCUT2D eigenvalue weighted by Crippen LogP contribution is 2.30. The van der Waals surface area contributed by atoms with Gasteiger partial charge in [0.1, 0.15) is 0 Å². The number of rotatable bonds is 8. The van der Waals surface area contributed by atoms with E-state index < -0.39 is 0 Å². The minimum atomic E-state index is 0.546. The summed E-state index contributed by atoms with van der Waals surface area (Å²) in [4.78, 5) is 9.54. The van der Waals surface area contributed by atoms with Crippen LogP contribution in [0.15, 0.2) is 29.3 Å². The first-order chi connectivity index (χ1) is 12.2. The van der Waals surface area contributed by atoms with Gasteiger partial charge in [-0.15, -0.1) is 0 Å². The molecule has 138 valence electrons. The molecule has 25 heavy (non-hydrogen) atoms. The minimum absolute atomic E-state index is 0.546. The molecule has 3 rings (SSSR count). The third-order valence-electron chi connectivity index (χ3n) is 5.16. The van der Waals surface area contributed by atoms with E-state index in [2.05, 4.69) is 51.3 Å². The maximum atomic E-state index is 5.89. The molecule has 1 aliphatic heterocycles. The first-order valence-electron chi connectivity index (χ1n) is 9.84. The van der Waals surface area contributed by atoms with Crippen LogP contribution in [0.2, 0.25) is 0 Å². The number of hydrogen-bond donors (Lipinski definition) is 2. The molecule has 1 aromatic rings. The molecule has 0 amide bonds. The average Bonchev–Trinajstić information content (AvgIpc) is 3.45. The highest BCUT2D eigenvalue weighted by molar-refractivity contribution is 5.77. The van der Waals surface area contributed by atoms with Gasteiger partial charge < -0.3 is 16.0 Å². The van der Waals surface area contributed by atoms with Crippen LogP contribution in [0.25, 0.3) is 0 Å². The lowest BCUT2D eigenvalue weighted by atomic mass is 10.1. The Morgan fingerprint density at radius 2 is 1.88 bits per heavy atom. The van der Waals surface area contributed by atoms with Crippen molar-refractivity contribution in [2.45, 2.75) is 39.2 Å². The molecule has 1 saturated carbocycles. The lowest BCUT2D eigenvalue weighted by Gasteiger charge is -2.36. The van der Waals surface area contributed by atoms with Crippen LogP contribution in [0.3, 0.4) is 0 Å². The highest BCUT2D eigenvalue weighted by Gasteiger charge is 2.26. The Morgan fingerprint density at radius 1 is 1.16 bits per heavy atom. The third-order valence-corrected chi connectivity index (χ3v) is 5.16. The summed E-state index contributed by atoms with van der Waals surface area (Å²) in [5.41, 5.74) is 8.42. The van der Waals surface area contributed by atoms with Crippen LogP contribution in [0.1, 0.15) is 38.2 Å². The molecule has 1 aliphatic carbocycles. The summed E-state index contributed by atoms with van der Waals surface area (Å²) in [5.74, 6) is 1.54. The number of unbranched alkanes of at least 4 members (excludes halogenated alkanes) is 1. The van der Waals surface area contributed by atoms with Crippen molar-refractivity contribution in [3.63, 3.8) is 0 Å². The third kappa shape index (κ3) is 5.92. The monoisotopic (exact) mass is 343 g/mol. The molecule has 0 bridgehead atoms. The fourth-order valence-electron chi connectivity index (χ4n) is 3.29. The molecule has 5 heteroatoms. The van der Waals surface area contributed by atoms with Crippen molar-refractivity contribution in [1.29, 1.82) is 0 Å². The van der Waals surface area contributed by atoms with E-state index >= 15 is 0 Å². The SMILES string of the molecule is CCCCNC(N)=NCc1ccc(N2CCN(CC3CC3)CC2)cc1. The predicted molar refractivity (Wildman–Crippen MR) is 106 cm³/mol. The summed E-state index contributed by atoms with van der Waals surface area (Å²) >= 11 is 0. The van der Waals surface area contributed by atoms with Gasteiger partial charge in [-0.3, -0.25) is 4.90 Å². The Morgan fingerprint density at radius 3 is 2.52 bits per heavy atom. The Hall–Kier alpha value is -1.75. The zero-order valence-electron chi connectivity index (χ0n) is 15.6. The number of nitrogens with one attached hydrogen (secondary N) is 1. The van der Waals surface area contributed by atoms with Crippen LogP contribution in [-0.4, -0.2) is 50.1 Å². The van der Waals surface area contributed by atoms with Crippen LogP contribution in [0.5, 0.6) is 0 Å². The summed E-state index contributed by atoms with van der Waals surface area (Å²) in [5, 5.41) is 3.15. The highest BCUT2D eigenvalue weighted by atomic mass is 15.3. The van der Waals surface area contributed by atoms with Gasteiger partial charge in [-0.1, -0.05) is 25.5 Å². The van der Waals surface area contributed by atoms with Crippen LogP contribution in [0.4, 0.5) is 5.69 Å². The van der Waals surface area contributed by atoms with Crippen LogP contribution in [0, 0.1) is 5.92 Å². The second-order valence-corrected chi connectivity index (χ2v) is 7.38. The molecule has 3 N–H and O–H groups in total. The molecule has 0 unspecified atom stereocenters. The molecule has 5 nitrogen and oxygen atoms in total. The largest absolute Gasteiger partial charge is 0.370 e. The summed E-state index contributed by atoms with van der Waals surface area (Å²) in [6.45, 7) is 9.70. The molecule has 0 radical (unpaired) electrons. The van der Waals surface area contributed by atoms with Gasteiger partial charge in [0.15, 0.2) is 5.96 Å². The van der Waals surface area contributed by atoms with Gasteiger partial charge in [-0.25, -0.2) is 4.99 Å². The first-order valence-corrected chi connectivity index (χ1v) is 9.84. The van der Waals surface area contributed by atoms with Gasteiger partial charge in [-0.05, 0) is 42.9 Å². The molecular weight excluding hydrogens is 310 g/mol. The maximum absolute atomic E-state index is 5.89. The summed E-state index contributed by atoms with van der Waals surface area (Å²) in [6, 6.07) is 8.80. The Balaban J connectivity index is 1.43. The van der Waals surface area contributed by atoms with E-state index in [1.54, 1.807) is 0 Å². The molecule has 2 aliphatic rings. The second-order valence-electron chi connectivity index (χ2n) is 7.38. The summed E-state index contributed by atoms with van der Waals surface area (Å²) in [7, 11) is 0. The number of nitrogens with two attached hydrogens (primary N) is 1. The van der Waals surface area contributed by atoms with Gasteiger partial charge >= 0.3 is 0 Å². The van der Waals surface area contributed by atoms with Crippen molar-refractivity contribution >= 4 is 11.6 Å². The van der Waals surface area contributed by atoms with E-state index in [1.807, 2.05) is 0 Å². The Labute approximate surface area is 152 Å². The van der Waals surface area contributed by atoms with E-state index in [4.69, 9.17) is 5.73 Å². The van der Waals surface area contributed by atoms with E-state index in [0.29, 0.717) is 12.5 Å². The fraction of sp³-hybridized carbons (Fsp3) is 0.650. The van der Waals surface area contributed by atoms with Crippen LogP contribution < -0.4 is 16.0 Å². The van der Waals surface area contributed by atoms with Crippen molar-refractivity contribution < 1.29 is 0 Å². The molecule has 1 saturated heterocycles. The predicted octanol–water partition coefficient (Wildman–Crippen LogP) is 2.42. The number of piperazine rings is 1. The van der Waals surface area contributed by atoms with Crippen molar-refractivity contribution in [2.24, 2.45) is 16.6 Å². The molecule has 2 fully saturated rings. The smallest absolute Gasteiger partial charge is 0.188 e. The van der Waals surface area contributed by atoms with Crippen molar-refractivity contribution in [3.8, 4) is 0 Å². The van der Waals surface area contributed by atoms with Gasteiger partial charge in [0.25, 0.3) is 0 Å². The summed E-state index contributed by atoms with van der Waals surface area (Å²) in [6.07, 6.45) is 5.18. The maximum Gasteiger partial charge on any atom is 0.188 e. The van der Waals surface area contributed by atoms with Gasteiger partial charge in [-0.2, -0.15) is 0 Å². The molecule has 1 aromatic carbocycles. The number of anilines is 1. The van der Waals surface area contributed by atoms with Gasteiger partial charge in [0.05, 0.1) is 6.54 Å². The van der Waals surface area contributed by atoms with Crippen molar-refractivity contribution in [3.05, 3.63) is 29.8 Å². The van der Waals surface area contributed by atoms with Gasteiger partial charge in [0.2, 0.25) is 0 Å². The van der Waals surface area contributed by atoms with E-state index in [9.17, 15) is 0 Å². The fourth-order valence-corrected chi connectivity index (χ4v) is 3.29. The van der Waals surface area contributed by atoms with E-state index in [0.717, 1.165) is 38.4 Å². The quantitative estimate of drug-likeness (QED) is 0.432. The molecule has 0 spiro atoms. The second kappa shape index (κ2) is 9.09. The van der Waals surface area contributed by atoms with E-state index in [1.165, 1.54) is 43.7 Å². The number of hydrogen-bond acceptors (Lipinski definition) is 3. The number of aliphatic imine (C=N–C) groups is 1. The average molecular weight is 344 g/mol. The van der Waals surface area contributed by atoms with Crippen LogP contribution >= 0.6 is 0 Å². The lowest BCUT2D eigenvalue weighted by Crippen LogP contribution is -2.47. The van der Waals surface area contributed by atoms with Crippen molar-refractivity contribution in [1.82, 2.24) is 10.2 Å². The molecule has 0 aromatic heterocycles. The lowest BCUT2D eigenvalue weighted by molar-refractivity contribution is 0.248. The van der Waals surface area contributed by atoms with E-state index in [-0.39, 0.29) is 0 Å². The standard InChI is InChI=1S/C20H33N5/c1-2-3-10-22-20(21)23-15-17-6-8-19(9-7-17)25-13-11-24(12-14-25)16-18-4-5-18/h6-9,18H,2-5,10-16H2,1H3,(H3,21,22,23). The van der Waals surface area contributed by atoms with Crippen molar-refractivity contribution in [2.75, 3.05) is 44.2 Å². The number of nitrogens with zero attached hydrogens (tertiary/aromatic N) is 3. The normalized spacial score (nSPS) is 19.2. The number of benzene rings is 1. The Kier molecular flexibility index (Phi) is 6.56. The Bertz CT molecular complexity index is 542.